The van der Waals surface area contributed by atoms with Gasteiger partial charge in [-0.1, -0.05) is 30.0 Å². The molecule has 0 fully saturated rings. The van der Waals surface area contributed by atoms with E-state index in [1.54, 1.807) is 24.9 Å². The van der Waals surface area contributed by atoms with Crippen molar-refractivity contribution in [3.05, 3.63) is 52.8 Å². The predicted molar refractivity (Wildman–Crippen MR) is 79.5 cm³/mol. The summed E-state index contributed by atoms with van der Waals surface area (Å²) >= 11 is 0. The fourth-order valence-corrected chi connectivity index (χ4v) is 2.02. The SMILES string of the molecule is Cc1nn(C)cc1C(=O)NCc1ccccc1C#CCO. The monoisotopic (exact) mass is 283 g/mol. The van der Waals surface area contributed by atoms with Gasteiger partial charge in [0.05, 0.1) is 11.3 Å². The van der Waals surface area contributed by atoms with Crippen molar-refractivity contribution >= 4 is 5.91 Å². The number of amides is 1. The molecule has 0 bridgehead atoms. The summed E-state index contributed by atoms with van der Waals surface area (Å²) in [4.78, 5) is 12.1. The standard InChI is InChI=1S/C16H17N3O2/c1-12-15(11-19(2)18-12)16(21)17-10-14-7-4-3-6-13(14)8-5-9-20/h3-4,6-7,11,20H,9-10H2,1-2H3,(H,17,21). The van der Waals surface area contributed by atoms with E-state index in [9.17, 15) is 4.79 Å². The Kier molecular flexibility index (Phi) is 4.75. The van der Waals surface area contributed by atoms with Crippen molar-refractivity contribution in [2.75, 3.05) is 6.61 Å². The van der Waals surface area contributed by atoms with Gasteiger partial charge in [-0.15, -0.1) is 0 Å². The molecule has 5 heteroatoms. The van der Waals surface area contributed by atoms with Crippen molar-refractivity contribution in [2.45, 2.75) is 13.5 Å². The van der Waals surface area contributed by atoms with Crippen LogP contribution in [0.5, 0.6) is 0 Å². The van der Waals surface area contributed by atoms with E-state index in [0.717, 1.165) is 11.1 Å². The van der Waals surface area contributed by atoms with Gasteiger partial charge < -0.3 is 10.4 Å². The number of hydrogen-bond acceptors (Lipinski definition) is 3. The van der Waals surface area contributed by atoms with Gasteiger partial charge in [-0.3, -0.25) is 9.48 Å². The predicted octanol–water partition coefficient (Wildman–Crippen LogP) is 1.00. The number of aliphatic hydroxyl groups is 1. The molecule has 0 saturated carbocycles. The Hall–Kier alpha value is -2.58. The number of aryl methyl sites for hydroxylation is 2. The lowest BCUT2D eigenvalue weighted by Gasteiger charge is -2.06. The van der Waals surface area contributed by atoms with Gasteiger partial charge in [-0.2, -0.15) is 5.10 Å². The molecule has 5 nitrogen and oxygen atoms in total. The first-order chi connectivity index (χ1) is 10.1. The van der Waals surface area contributed by atoms with E-state index in [-0.39, 0.29) is 12.5 Å². The van der Waals surface area contributed by atoms with Crippen LogP contribution in [0.25, 0.3) is 0 Å². The van der Waals surface area contributed by atoms with Crippen LogP contribution in [0.3, 0.4) is 0 Å². The molecule has 2 rings (SSSR count). The molecule has 0 aliphatic carbocycles. The molecule has 0 aliphatic rings. The van der Waals surface area contributed by atoms with Crippen LogP contribution in [0, 0.1) is 18.8 Å². The fourth-order valence-electron chi connectivity index (χ4n) is 2.02. The van der Waals surface area contributed by atoms with E-state index in [4.69, 9.17) is 5.11 Å². The summed E-state index contributed by atoms with van der Waals surface area (Å²) in [5.41, 5.74) is 2.97. The maximum atomic E-state index is 12.1. The Balaban J connectivity index is 2.10. The first-order valence-electron chi connectivity index (χ1n) is 6.58. The molecule has 0 saturated heterocycles. The van der Waals surface area contributed by atoms with Gasteiger partial charge in [-0.25, -0.2) is 0 Å². The molecule has 0 unspecified atom stereocenters. The molecule has 108 valence electrons. The van der Waals surface area contributed by atoms with Crippen LogP contribution < -0.4 is 5.32 Å². The first-order valence-corrected chi connectivity index (χ1v) is 6.58. The van der Waals surface area contributed by atoms with Gasteiger partial charge in [0.1, 0.15) is 6.61 Å². The quantitative estimate of drug-likeness (QED) is 0.826. The molecule has 1 aromatic heterocycles. The molecule has 0 spiro atoms. The first kappa shape index (κ1) is 14.8. The van der Waals surface area contributed by atoms with Crippen LogP contribution in [0.15, 0.2) is 30.5 Å². The van der Waals surface area contributed by atoms with E-state index >= 15 is 0 Å². The Morgan fingerprint density at radius 2 is 2.19 bits per heavy atom. The number of benzene rings is 1. The highest BCUT2D eigenvalue weighted by Gasteiger charge is 2.12. The van der Waals surface area contributed by atoms with Crippen LogP contribution in [-0.4, -0.2) is 27.4 Å². The summed E-state index contributed by atoms with van der Waals surface area (Å²) in [6.07, 6.45) is 1.70. The Morgan fingerprint density at radius 1 is 1.43 bits per heavy atom. The number of nitrogens with one attached hydrogen (secondary N) is 1. The number of rotatable bonds is 3. The number of hydrogen-bond donors (Lipinski definition) is 2. The smallest absolute Gasteiger partial charge is 0.255 e. The highest BCUT2D eigenvalue weighted by atomic mass is 16.2. The highest BCUT2D eigenvalue weighted by Crippen LogP contribution is 2.09. The van der Waals surface area contributed by atoms with E-state index in [1.807, 2.05) is 24.3 Å². The summed E-state index contributed by atoms with van der Waals surface area (Å²) in [6, 6.07) is 7.52. The molecule has 2 N–H and O–H groups in total. The summed E-state index contributed by atoms with van der Waals surface area (Å²) in [6.45, 7) is 1.99. The average Bonchev–Trinajstić information content (AvgIpc) is 2.82. The van der Waals surface area contributed by atoms with Crippen LogP contribution >= 0.6 is 0 Å². The van der Waals surface area contributed by atoms with Gasteiger partial charge >= 0.3 is 0 Å². The van der Waals surface area contributed by atoms with Gasteiger partial charge in [-0.05, 0) is 18.6 Å². The summed E-state index contributed by atoms with van der Waals surface area (Å²) in [7, 11) is 1.78. The third-order valence-electron chi connectivity index (χ3n) is 3.02. The second-order valence-corrected chi connectivity index (χ2v) is 4.60. The molecule has 1 heterocycles. The number of aromatic nitrogens is 2. The minimum Gasteiger partial charge on any atom is -0.384 e. The van der Waals surface area contributed by atoms with E-state index in [0.29, 0.717) is 17.8 Å². The van der Waals surface area contributed by atoms with E-state index in [1.165, 1.54) is 0 Å². The van der Waals surface area contributed by atoms with Crippen molar-refractivity contribution in [2.24, 2.45) is 7.05 Å². The number of carbonyl (C=O) groups is 1. The minimum atomic E-state index is -0.185. The maximum Gasteiger partial charge on any atom is 0.255 e. The fraction of sp³-hybridized carbons (Fsp3) is 0.250. The zero-order chi connectivity index (χ0) is 15.2. The summed E-state index contributed by atoms with van der Waals surface area (Å²) in [5, 5.41) is 15.8. The Labute approximate surface area is 123 Å². The molecule has 0 atom stereocenters. The van der Waals surface area contributed by atoms with Gasteiger partial charge in [0.2, 0.25) is 0 Å². The summed E-state index contributed by atoms with van der Waals surface area (Å²) in [5.74, 6) is 5.33. The lowest BCUT2D eigenvalue weighted by Crippen LogP contribution is -2.23. The highest BCUT2D eigenvalue weighted by molar-refractivity contribution is 5.94. The van der Waals surface area contributed by atoms with E-state index < -0.39 is 0 Å². The van der Waals surface area contributed by atoms with E-state index in [2.05, 4.69) is 22.3 Å². The van der Waals surface area contributed by atoms with Crippen molar-refractivity contribution in [1.29, 1.82) is 0 Å². The Bertz CT molecular complexity index is 708. The minimum absolute atomic E-state index is 0.162. The van der Waals surface area contributed by atoms with Crippen molar-refractivity contribution < 1.29 is 9.90 Å². The molecule has 0 radical (unpaired) electrons. The van der Waals surface area contributed by atoms with Gasteiger partial charge in [0.15, 0.2) is 0 Å². The van der Waals surface area contributed by atoms with Crippen LogP contribution in [0.4, 0.5) is 0 Å². The van der Waals surface area contributed by atoms with Crippen molar-refractivity contribution in [3.8, 4) is 11.8 Å². The molecular weight excluding hydrogens is 266 g/mol. The lowest BCUT2D eigenvalue weighted by atomic mass is 10.1. The van der Waals surface area contributed by atoms with Crippen molar-refractivity contribution in [1.82, 2.24) is 15.1 Å². The maximum absolute atomic E-state index is 12.1. The Morgan fingerprint density at radius 3 is 2.86 bits per heavy atom. The van der Waals surface area contributed by atoms with Crippen LogP contribution in [0.1, 0.15) is 27.2 Å². The third-order valence-corrected chi connectivity index (χ3v) is 3.02. The molecule has 2 aromatic rings. The second kappa shape index (κ2) is 6.73. The molecule has 1 amide bonds. The largest absolute Gasteiger partial charge is 0.384 e. The zero-order valence-corrected chi connectivity index (χ0v) is 12.1. The number of aliphatic hydroxyl groups excluding tert-OH is 1. The lowest BCUT2D eigenvalue weighted by molar-refractivity contribution is 0.0950. The third kappa shape index (κ3) is 3.71. The van der Waals surface area contributed by atoms with Crippen LogP contribution in [-0.2, 0) is 13.6 Å². The molecule has 1 aromatic carbocycles. The molecular formula is C16H17N3O2. The average molecular weight is 283 g/mol. The van der Waals surface area contributed by atoms with Gasteiger partial charge in [0, 0.05) is 25.4 Å². The molecule has 0 aliphatic heterocycles. The van der Waals surface area contributed by atoms with Crippen LogP contribution in [0.2, 0.25) is 0 Å². The second-order valence-electron chi connectivity index (χ2n) is 4.60. The number of nitrogens with zero attached hydrogens (tertiary/aromatic N) is 2. The van der Waals surface area contributed by atoms with Crippen molar-refractivity contribution in [3.63, 3.8) is 0 Å². The summed E-state index contributed by atoms with van der Waals surface area (Å²) < 4.78 is 1.62. The normalized spacial score (nSPS) is 9.86. The van der Waals surface area contributed by atoms with Gasteiger partial charge in [0.25, 0.3) is 5.91 Å². The molecule has 21 heavy (non-hydrogen) atoms. The topological polar surface area (TPSA) is 67.2 Å². The number of carbonyl (C=O) groups excluding carboxylic acids is 1. The zero-order valence-electron chi connectivity index (χ0n) is 12.1.